The molecule has 1 aliphatic heterocycles. The Balaban J connectivity index is 1.98. The van der Waals surface area contributed by atoms with Crippen LogP contribution in [0.1, 0.15) is 31.7 Å². The summed E-state index contributed by atoms with van der Waals surface area (Å²) in [4.78, 5) is 0. The van der Waals surface area contributed by atoms with Crippen LogP contribution < -0.4 is 4.74 Å². The predicted octanol–water partition coefficient (Wildman–Crippen LogP) is 4.71. The molecule has 0 spiro atoms. The molecule has 0 bridgehead atoms. The molecule has 1 saturated heterocycles. The molecule has 4 heteroatoms. The molecule has 2 unspecified atom stereocenters. The van der Waals surface area contributed by atoms with Gasteiger partial charge in [-0.2, -0.15) is 0 Å². The Hall–Kier alpha value is -0.190. The van der Waals surface area contributed by atoms with Gasteiger partial charge in [0, 0.05) is 5.75 Å². The van der Waals surface area contributed by atoms with Crippen LogP contribution in [0.4, 0.5) is 0 Å². The van der Waals surface area contributed by atoms with Crippen LogP contribution in [0.25, 0.3) is 0 Å². The van der Waals surface area contributed by atoms with Crippen molar-refractivity contribution in [3.05, 3.63) is 29.8 Å². The highest BCUT2D eigenvalue weighted by molar-refractivity contribution is 8.49. The number of thiocarbonyl (C=S) groups is 1. The molecule has 0 saturated carbocycles. The first kappa shape index (κ1) is 14.2. The molecule has 2 rings (SSSR count). The smallest absolute Gasteiger partial charge is 0.122 e. The highest BCUT2D eigenvalue weighted by atomic mass is 32.2. The summed E-state index contributed by atoms with van der Waals surface area (Å²) in [7, 11) is 0. The molecular weight excluding hydrogens is 280 g/mol. The zero-order valence-electron chi connectivity index (χ0n) is 10.7. The van der Waals surface area contributed by atoms with Crippen molar-refractivity contribution in [2.45, 2.75) is 31.4 Å². The molecule has 2 atom stereocenters. The molecule has 0 aliphatic carbocycles. The highest BCUT2D eigenvalue weighted by Crippen LogP contribution is 2.34. The fraction of sp³-hybridized carbons (Fsp3) is 0.500. The Morgan fingerprint density at radius 2 is 2.22 bits per heavy atom. The third-order valence-electron chi connectivity index (χ3n) is 3.14. The zero-order valence-corrected chi connectivity index (χ0v) is 13.2. The summed E-state index contributed by atoms with van der Waals surface area (Å²) in [5, 5.41) is 0.507. The number of hydrogen-bond donors (Lipinski definition) is 0. The van der Waals surface area contributed by atoms with Crippen LogP contribution in [0.2, 0.25) is 0 Å². The zero-order chi connectivity index (χ0) is 13.0. The Labute approximate surface area is 123 Å². The van der Waals surface area contributed by atoms with Gasteiger partial charge in [-0.3, -0.25) is 0 Å². The van der Waals surface area contributed by atoms with Gasteiger partial charge in [0.25, 0.3) is 0 Å². The summed E-state index contributed by atoms with van der Waals surface area (Å²) in [6, 6.07) is 8.38. The van der Waals surface area contributed by atoms with Crippen molar-refractivity contribution in [1.29, 1.82) is 0 Å². The third-order valence-corrected chi connectivity index (χ3v) is 6.27. The van der Waals surface area contributed by atoms with E-state index < -0.39 is 0 Å². The molecule has 0 aromatic heterocycles. The van der Waals surface area contributed by atoms with Gasteiger partial charge in [-0.15, -0.1) is 11.8 Å². The highest BCUT2D eigenvalue weighted by Gasteiger charge is 2.22. The summed E-state index contributed by atoms with van der Waals surface area (Å²) in [5.41, 5.74) is 1.32. The first-order valence-electron chi connectivity index (χ1n) is 6.25. The Morgan fingerprint density at radius 3 is 2.89 bits per heavy atom. The lowest BCUT2D eigenvalue weighted by Gasteiger charge is -2.17. The number of thioether (sulfide) groups is 2. The maximum absolute atomic E-state index is 6.00. The van der Waals surface area contributed by atoms with Crippen LogP contribution in [-0.2, 0) is 0 Å². The summed E-state index contributed by atoms with van der Waals surface area (Å²) in [6.45, 7) is 5.21. The summed E-state index contributed by atoms with van der Waals surface area (Å²) >= 11 is 8.73. The van der Waals surface area contributed by atoms with Gasteiger partial charge in [0.1, 0.15) is 15.9 Å². The lowest BCUT2D eigenvalue weighted by atomic mass is 9.98. The van der Waals surface area contributed by atoms with Crippen LogP contribution >= 0.6 is 35.7 Å². The first-order valence-corrected chi connectivity index (χ1v) is 8.53. The van der Waals surface area contributed by atoms with Crippen molar-refractivity contribution in [2.24, 2.45) is 0 Å². The van der Waals surface area contributed by atoms with Gasteiger partial charge in [-0.1, -0.05) is 56.0 Å². The van der Waals surface area contributed by atoms with Crippen molar-refractivity contribution in [1.82, 2.24) is 0 Å². The van der Waals surface area contributed by atoms with Gasteiger partial charge in [-0.25, -0.2) is 0 Å². The van der Waals surface area contributed by atoms with Crippen LogP contribution in [-0.4, -0.2) is 21.1 Å². The van der Waals surface area contributed by atoms with Gasteiger partial charge in [-0.05, 0) is 24.0 Å². The third kappa shape index (κ3) is 3.65. The molecule has 0 N–H and O–H groups in total. The fourth-order valence-electron chi connectivity index (χ4n) is 1.87. The number of rotatable bonds is 5. The Kier molecular flexibility index (Phi) is 5.39. The van der Waals surface area contributed by atoms with Gasteiger partial charge < -0.3 is 4.74 Å². The normalized spacial score (nSPS) is 21.0. The average molecular weight is 298 g/mol. The van der Waals surface area contributed by atoms with Crippen molar-refractivity contribution in [2.75, 3.05) is 12.4 Å². The van der Waals surface area contributed by atoms with Crippen LogP contribution in [0.5, 0.6) is 5.75 Å². The Bertz CT molecular complexity index is 419. The lowest BCUT2D eigenvalue weighted by Crippen LogP contribution is -2.14. The van der Waals surface area contributed by atoms with Crippen molar-refractivity contribution >= 4 is 39.3 Å². The van der Waals surface area contributed by atoms with Gasteiger partial charge in [0.2, 0.25) is 0 Å². The molecular formula is C14H18OS3. The second kappa shape index (κ2) is 6.83. The number of benzene rings is 1. The molecule has 98 valence electrons. The molecule has 0 radical (unpaired) electrons. The average Bonchev–Trinajstić information content (AvgIpc) is 2.81. The second-order valence-corrected chi connectivity index (χ2v) is 7.98. The molecule has 0 amide bonds. The Morgan fingerprint density at radius 1 is 1.44 bits per heavy atom. The summed E-state index contributed by atoms with van der Waals surface area (Å²) in [5.74, 6) is 2.66. The standard InChI is InChI=1S/C14H18OS3/c1-3-10(2)12-6-4-5-7-13(12)15-8-11-9-17-14(16)18-11/h4-7,10-11H,3,8-9H2,1-2H3. The molecule has 1 aromatic rings. The van der Waals surface area contributed by atoms with E-state index in [0.29, 0.717) is 11.2 Å². The van der Waals surface area contributed by atoms with E-state index in [2.05, 4.69) is 32.0 Å². The van der Waals surface area contributed by atoms with Gasteiger partial charge in [0.05, 0.1) is 5.25 Å². The van der Waals surface area contributed by atoms with E-state index in [0.717, 1.165) is 28.1 Å². The monoisotopic (exact) mass is 298 g/mol. The van der Waals surface area contributed by atoms with Gasteiger partial charge in [0.15, 0.2) is 0 Å². The van der Waals surface area contributed by atoms with E-state index in [9.17, 15) is 0 Å². The maximum Gasteiger partial charge on any atom is 0.122 e. The van der Waals surface area contributed by atoms with E-state index in [1.54, 1.807) is 23.5 Å². The van der Waals surface area contributed by atoms with Crippen molar-refractivity contribution in [3.8, 4) is 5.75 Å². The maximum atomic E-state index is 6.00. The van der Waals surface area contributed by atoms with E-state index in [1.165, 1.54) is 5.56 Å². The largest absolute Gasteiger partial charge is 0.492 e. The van der Waals surface area contributed by atoms with Crippen LogP contribution in [0.3, 0.4) is 0 Å². The van der Waals surface area contributed by atoms with Crippen molar-refractivity contribution in [3.63, 3.8) is 0 Å². The van der Waals surface area contributed by atoms with E-state index in [1.807, 2.05) is 6.07 Å². The van der Waals surface area contributed by atoms with E-state index >= 15 is 0 Å². The molecule has 1 heterocycles. The summed E-state index contributed by atoms with van der Waals surface area (Å²) < 4.78 is 7.05. The molecule has 18 heavy (non-hydrogen) atoms. The predicted molar refractivity (Wildman–Crippen MR) is 87.1 cm³/mol. The fourth-order valence-corrected chi connectivity index (χ4v) is 4.67. The molecule has 1 aromatic carbocycles. The number of hydrogen-bond acceptors (Lipinski definition) is 4. The van der Waals surface area contributed by atoms with E-state index in [-0.39, 0.29) is 0 Å². The molecule has 1 nitrogen and oxygen atoms in total. The minimum atomic E-state index is 0.507. The minimum absolute atomic E-state index is 0.507. The number of ether oxygens (including phenoxy) is 1. The topological polar surface area (TPSA) is 9.23 Å². The van der Waals surface area contributed by atoms with Crippen LogP contribution in [0, 0.1) is 0 Å². The van der Waals surface area contributed by atoms with Crippen molar-refractivity contribution < 1.29 is 4.74 Å². The van der Waals surface area contributed by atoms with E-state index in [4.69, 9.17) is 17.0 Å². The second-order valence-electron chi connectivity index (χ2n) is 4.46. The minimum Gasteiger partial charge on any atom is -0.492 e. The first-order chi connectivity index (χ1) is 8.70. The summed E-state index contributed by atoms with van der Waals surface area (Å²) in [6.07, 6.45) is 1.14. The molecule has 1 fully saturated rings. The SMILES string of the molecule is CCC(C)c1ccccc1OCC1CSC(=S)S1. The lowest BCUT2D eigenvalue weighted by molar-refractivity contribution is 0.318. The number of para-hydroxylation sites is 1. The van der Waals surface area contributed by atoms with Gasteiger partial charge >= 0.3 is 0 Å². The quantitative estimate of drug-likeness (QED) is 0.727. The molecule has 1 aliphatic rings. The van der Waals surface area contributed by atoms with Crippen LogP contribution in [0.15, 0.2) is 24.3 Å².